The van der Waals surface area contributed by atoms with Crippen LogP contribution in [0.4, 0.5) is 0 Å². The first-order valence-electron chi connectivity index (χ1n) is 11.5. The summed E-state index contributed by atoms with van der Waals surface area (Å²) in [6.07, 6.45) is 9.51. The monoisotopic (exact) mass is 442 g/mol. The lowest BCUT2D eigenvalue weighted by atomic mass is 10.1. The van der Waals surface area contributed by atoms with Gasteiger partial charge in [0.05, 0.1) is 18.3 Å². The van der Waals surface area contributed by atoms with Crippen LogP contribution < -0.4 is 15.4 Å². The predicted octanol–water partition coefficient (Wildman–Crippen LogP) is 1.58. The Balaban J connectivity index is 1.75. The first kappa shape index (κ1) is 22.1. The van der Waals surface area contributed by atoms with Crippen LogP contribution in [0.3, 0.4) is 0 Å². The van der Waals surface area contributed by atoms with Gasteiger partial charge in [0.15, 0.2) is 0 Å². The standard InChI is InChI=1S/C23H31N5O4/c1-4-17-6-5-11-26(17)18(29)10-7-15-12-24-28-21(15)27(13-14(2)3)22(31)19(23(28)32)20(30)25-16-8-9-16/h7,10,12,14,16-17H,4-6,8-9,11,13H2,1-3H3,(H2,25,30,31,32)/p+1/b10-7+/t17-/m0/s1. The highest BCUT2D eigenvalue weighted by Gasteiger charge is 2.34. The Bertz CT molecular complexity index is 1130. The number of nitrogens with zero attached hydrogens (tertiary/aromatic N) is 3. The van der Waals surface area contributed by atoms with E-state index in [9.17, 15) is 19.5 Å². The molecule has 9 heteroatoms. The number of aromatic amines is 1. The van der Waals surface area contributed by atoms with Gasteiger partial charge in [-0.3, -0.25) is 9.59 Å². The van der Waals surface area contributed by atoms with Crippen molar-refractivity contribution in [1.82, 2.24) is 19.8 Å². The summed E-state index contributed by atoms with van der Waals surface area (Å²) in [7, 11) is 0. The third kappa shape index (κ3) is 4.16. The number of H-pyrrole nitrogens is 1. The molecule has 2 aliphatic rings. The summed E-state index contributed by atoms with van der Waals surface area (Å²) in [6, 6.07) is 0.325. The number of rotatable bonds is 7. The van der Waals surface area contributed by atoms with E-state index in [1.165, 1.54) is 10.6 Å². The normalized spacial score (nSPS) is 18.9. The molecular formula is C23H32N5O4+. The van der Waals surface area contributed by atoms with Crippen molar-refractivity contribution in [2.75, 3.05) is 6.54 Å². The molecule has 4 rings (SSSR count). The second kappa shape index (κ2) is 8.80. The van der Waals surface area contributed by atoms with Crippen molar-refractivity contribution >= 4 is 23.5 Å². The first-order valence-corrected chi connectivity index (χ1v) is 11.5. The van der Waals surface area contributed by atoms with Crippen molar-refractivity contribution in [3.8, 4) is 5.88 Å². The molecule has 3 N–H and O–H groups in total. The number of amides is 2. The van der Waals surface area contributed by atoms with E-state index in [0.717, 1.165) is 38.6 Å². The minimum Gasteiger partial charge on any atom is -0.477 e. The molecule has 0 spiro atoms. The van der Waals surface area contributed by atoms with Crippen molar-refractivity contribution in [2.45, 2.75) is 71.5 Å². The summed E-state index contributed by atoms with van der Waals surface area (Å²) in [4.78, 5) is 40.4. The number of likely N-dealkylation sites (tertiary alicyclic amines) is 1. The van der Waals surface area contributed by atoms with E-state index in [2.05, 4.69) is 17.3 Å². The Morgan fingerprint density at radius 3 is 2.75 bits per heavy atom. The lowest BCUT2D eigenvalue weighted by molar-refractivity contribution is -0.686. The lowest BCUT2D eigenvalue weighted by Crippen LogP contribution is -2.46. The van der Waals surface area contributed by atoms with E-state index >= 15 is 0 Å². The van der Waals surface area contributed by atoms with Crippen molar-refractivity contribution < 1.29 is 19.3 Å². The number of carbonyl (C=O) groups is 2. The second-order valence-corrected chi connectivity index (χ2v) is 9.21. The molecule has 1 saturated carbocycles. The van der Waals surface area contributed by atoms with Crippen molar-refractivity contribution in [3.05, 3.63) is 33.8 Å². The fraction of sp³-hybridized carbons (Fsp3) is 0.565. The molecule has 9 nitrogen and oxygen atoms in total. The highest BCUT2D eigenvalue weighted by atomic mass is 16.3. The zero-order chi connectivity index (χ0) is 23.0. The van der Waals surface area contributed by atoms with Gasteiger partial charge in [-0.15, -0.1) is 0 Å². The number of aromatic hydroxyl groups is 1. The van der Waals surface area contributed by atoms with E-state index < -0.39 is 11.5 Å². The van der Waals surface area contributed by atoms with Crippen molar-refractivity contribution in [3.63, 3.8) is 0 Å². The molecule has 1 atom stereocenters. The molecule has 0 radical (unpaired) electrons. The van der Waals surface area contributed by atoms with E-state index in [4.69, 9.17) is 0 Å². The average Bonchev–Trinajstić information content (AvgIpc) is 3.26. The molecule has 32 heavy (non-hydrogen) atoms. The Labute approximate surface area is 186 Å². The molecule has 2 aromatic heterocycles. The molecule has 1 aliphatic carbocycles. The predicted molar refractivity (Wildman–Crippen MR) is 119 cm³/mol. The SMILES string of the molecule is CC[C@H]1CCCN1C(=O)/C=C/c1c[nH]n2c(=O)c(C(=O)NC3CC3)c(O)[n+](CC(C)C)c12. The minimum atomic E-state index is -0.618. The molecule has 172 valence electrons. The van der Waals surface area contributed by atoms with Crippen molar-refractivity contribution in [1.29, 1.82) is 0 Å². The van der Waals surface area contributed by atoms with Crippen LogP contribution in [0.15, 0.2) is 17.1 Å². The quantitative estimate of drug-likeness (QED) is 0.447. The van der Waals surface area contributed by atoms with Gasteiger partial charge in [0.25, 0.3) is 5.91 Å². The third-order valence-corrected chi connectivity index (χ3v) is 6.20. The summed E-state index contributed by atoms with van der Waals surface area (Å²) in [5, 5.41) is 16.6. The molecule has 2 amide bonds. The smallest absolute Gasteiger partial charge is 0.378 e. The highest BCUT2D eigenvalue weighted by molar-refractivity contribution is 5.96. The van der Waals surface area contributed by atoms with E-state index in [1.807, 2.05) is 18.7 Å². The van der Waals surface area contributed by atoms with Gasteiger partial charge in [0.2, 0.25) is 11.5 Å². The Kier molecular flexibility index (Phi) is 6.08. The molecule has 3 heterocycles. The van der Waals surface area contributed by atoms with Crippen LogP contribution in [-0.4, -0.2) is 50.1 Å². The molecule has 1 saturated heterocycles. The van der Waals surface area contributed by atoms with Crippen molar-refractivity contribution in [2.24, 2.45) is 5.92 Å². The van der Waals surface area contributed by atoms with Gasteiger partial charge in [-0.2, -0.15) is 4.57 Å². The second-order valence-electron chi connectivity index (χ2n) is 9.21. The lowest BCUT2D eigenvalue weighted by Gasteiger charge is -2.21. The number of hydrogen-bond donors (Lipinski definition) is 3. The third-order valence-electron chi connectivity index (χ3n) is 6.20. The zero-order valence-corrected chi connectivity index (χ0v) is 18.9. The number of nitrogens with one attached hydrogen (secondary N) is 2. The Hall–Kier alpha value is -3.10. The van der Waals surface area contributed by atoms with E-state index in [0.29, 0.717) is 17.8 Å². The van der Waals surface area contributed by atoms with Crippen LogP contribution in [0, 0.1) is 5.92 Å². The van der Waals surface area contributed by atoms with Crippen LogP contribution in [0.2, 0.25) is 0 Å². The number of fused-ring (bicyclic) bond motifs is 1. The molecule has 2 aromatic rings. The Morgan fingerprint density at radius 2 is 2.09 bits per heavy atom. The molecular weight excluding hydrogens is 410 g/mol. The highest BCUT2D eigenvalue weighted by Crippen LogP contribution is 2.22. The maximum Gasteiger partial charge on any atom is 0.378 e. The number of carbonyl (C=O) groups excluding carboxylic acids is 2. The maximum atomic E-state index is 13.1. The fourth-order valence-corrected chi connectivity index (χ4v) is 4.41. The molecule has 0 aromatic carbocycles. The molecule has 0 unspecified atom stereocenters. The summed E-state index contributed by atoms with van der Waals surface area (Å²) in [6.45, 7) is 7.21. The van der Waals surface area contributed by atoms with Gasteiger partial charge in [-0.05, 0) is 44.1 Å². The largest absolute Gasteiger partial charge is 0.477 e. The molecule has 1 aliphatic heterocycles. The van der Waals surface area contributed by atoms with Crippen LogP contribution in [0.5, 0.6) is 5.88 Å². The van der Waals surface area contributed by atoms with E-state index in [-0.39, 0.29) is 35.4 Å². The summed E-state index contributed by atoms with van der Waals surface area (Å²) in [5.41, 5.74) is 0.119. The minimum absolute atomic E-state index is 0.0592. The molecule has 2 fully saturated rings. The first-order chi connectivity index (χ1) is 15.3. The summed E-state index contributed by atoms with van der Waals surface area (Å²) >= 11 is 0. The van der Waals surface area contributed by atoms with Gasteiger partial charge in [0, 0.05) is 24.7 Å². The van der Waals surface area contributed by atoms with Gasteiger partial charge >= 0.3 is 17.1 Å². The van der Waals surface area contributed by atoms with E-state index in [1.54, 1.807) is 16.8 Å². The average molecular weight is 443 g/mol. The zero-order valence-electron chi connectivity index (χ0n) is 18.9. The van der Waals surface area contributed by atoms with Crippen LogP contribution in [-0.2, 0) is 11.3 Å². The van der Waals surface area contributed by atoms with Gasteiger partial charge in [-0.1, -0.05) is 25.3 Å². The van der Waals surface area contributed by atoms with Crippen LogP contribution in [0.25, 0.3) is 11.7 Å². The summed E-state index contributed by atoms with van der Waals surface area (Å²) < 4.78 is 2.83. The topological polar surface area (TPSA) is 111 Å². The number of aromatic nitrogens is 3. The van der Waals surface area contributed by atoms with Gasteiger partial charge in [0.1, 0.15) is 0 Å². The Morgan fingerprint density at radius 1 is 1.34 bits per heavy atom. The van der Waals surface area contributed by atoms with Gasteiger partial charge in [-0.25, -0.2) is 9.89 Å². The van der Waals surface area contributed by atoms with Crippen LogP contribution in [0.1, 0.15) is 68.8 Å². The summed E-state index contributed by atoms with van der Waals surface area (Å²) in [5.74, 6) is -0.831. The number of hydrogen-bond acceptors (Lipinski definition) is 4. The van der Waals surface area contributed by atoms with Gasteiger partial charge < -0.3 is 15.3 Å². The molecule has 0 bridgehead atoms. The van der Waals surface area contributed by atoms with Crippen LogP contribution >= 0.6 is 0 Å². The maximum absolute atomic E-state index is 13.1. The fourth-order valence-electron chi connectivity index (χ4n) is 4.41.